The number of carbonyl (C=O) groups is 2. The Morgan fingerprint density at radius 2 is 2.00 bits per heavy atom. The van der Waals surface area contributed by atoms with Crippen LogP contribution >= 0.6 is 0 Å². The summed E-state index contributed by atoms with van der Waals surface area (Å²) in [7, 11) is 1.52. The predicted octanol–water partition coefficient (Wildman–Crippen LogP) is 2.50. The molecular weight excluding hydrogens is 385 g/mol. The lowest BCUT2D eigenvalue weighted by Crippen LogP contribution is -2.35. The predicted molar refractivity (Wildman–Crippen MR) is 99.6 cm³/mol. The summed E-state index contributed by atoms with van der Waals surface area (Å²) < 4.78 is 38.9. The van der Waals surface area contributed by atoms with Crippen LogP contribution < -0.4 is 0 Å². The Hall–Kier alpha value is -2.84. The number of carbonyl (C=O) groups excluding carboxylic acids is 2. The Bertz CT molecular complexity index is 851. The molecule has 2 amide bonds. The summed E-state index contributed by atoms with van der Waals surface area (Å²) in [6, 6.07) is 9.77. The first-order valence-electron chi connectivity index (χ1n) is 9.36. The molecular formula is C20H23F3N4O2. The van der Waals surface area contributed by atoms with Crippen molar-refractivity contribution in [2.45, 2.75) is 32.1 Å². The number of hydrogen-bond donors (Lipinski definition) is 0. The van der Waals surface area contributed by atoms with E-state index < -0.39 is 18.6 Å². The number of benzene rings is 1. The van der Waals surface area contributed by atoms with Gasteiger partial charge in [0.2, 0.25) is 11.8 Å². The van der Waals surface area contributed by atoms with Crippen molar-refractivity contribution in [1.29, 1.82) is 0 Å². The van der Waals surface area contributed by atoms with Crippen molar-refractivity contribution in [3.63, 3.8) is 0 Å². The summed E-state index contributed by atoms with van der Waals surface area (Å²) in [5, 5.41) is 0. The van der Waals surface area contributed by atoms with Crippen molar-refractivity contribution in [2.75, 3.05) is 20.1 Å². The SMILES string of the molecule is CN(Cc1nccn1CC(F)(F)F)C(=O)C1CC(=O)N(CCc2ccccc2)C1. The van der Waals surface area contributed by atoms with E-state index in [0.717, 1.165) is 10.1 Å². The molecule has 0 spiro atoms. The van der Waals surface area contributed by atoms with E-state index in [-0.39, 0.29) is 30.6 Å². The van der Waals surface area contributed by atoms with Gasteiger partial charge in [-0.2, -0.15) is 13.2 Å². The summed E-state index contributed by atoms with van der Waals surface area (Å²) in [4.78, 5) is 31.9. The highest BCUT2D eigenvalue weighted by molar-refractivity contribution is 5.89. The van der Waals surface area contributed by atoms with Gasteiger partial charge in [-0.05, 0) is 12.0 Å². The van der Waals surface area contributed by atoms with E-state index in [4.69, 9.17) is 0 Å². The molecule has 1 aliphatic rings. The molecule has 1 aromatic carbocycles. The normalized spacial score (nSPS) is 17.0. The standard InChI is InChI=1S/C20H23F3N4O2/c1-25(13-17-24-8-10-27(17)14-20(21,22)23)19(29)16-11-18(28)26(12-16)9-7-15-5-3-2-4-6-15/h2-6,8,10,16H,7,9,11-14H2,1H3. The van der Waals surface area contributed by atoms with E-state index in [9.17, 15) is 22.8 Å². The quantitative estimate of drug-likeness (QED) is 0.707. The molecule has 0 aliphatic carbocycles. The highest BCUT2D eigenvalue weighted by Gasteiger charge is 2.36. The number of aromatic nitrogens is 2. The number of alkyl halides is 3. The molecule has 1 aliphatic heterocycles. The van der Waals surface area contributed by atoms with Crippen molar-refractivity contribution in [2.24, 2.45) is 5.92 Å². The molecule has 1 unspecified atom stereocenters. The minimum absolute atomic E-state index is 0.0450. The van der Waals surface area contributed by atoms with Crippen LogP contribution in [0.25, 0.3) is 0 Å². The number of likely N-dealkylation sites (tertiary alicyclic amines) is 1. The molecule has 3 rings (SSSR count). The van der Waals surface area contributed by atoms with Gasteiger partial charge >= 0.3 is 6.18 Å². The van der Waals surface area contributed by atoms with Crippen LogP contribution in [0.3, 0.4) is 0 Å². The topological polar surface area (TPSA) is 58.4 Å². The van der Waals surface area contributed by atoms with Gasteiger partial charge in [-0.1, -0.05) is 30.3 Å². The molecule has 0 saturated carbocycles. The number of imidazole rings is 1. The van der Waals surface area contributed by atoms with Gasteiger partial charge in [-0.15, -0.1) is 0 Å². The number of amides is 2. The lowest BCUT2D eigenvalue weighted by molar-refractivity contribution is -0.141. The molecule has 0 N–H and O–H groups in total. The number of hydrogen-bond acceptors (Lipinski definition) is 3. The average Bonchev–Trinajstić information content (AvgIpc) is 3.25. The van der Waals surface area contributed by atoms with E-state index in [1.807, 2.05) is 30.3 Å². The van der Waals surface area contributed by atoms with Crippen LogP contribution in [0.1, 0.15) is 17.8 Å². The van der Waals surface area contributed by atoms with E-state index >= 15 is 0 Å². The van der Waals surface area contributed by atoms with E-state index in [1.165, 1.54) is 24.3 Å². The third kappa shape index (κ3) is 5.58. The third-order valence-corrected chi connectivity index (χ3v) is 4.98. The van der Waals surface area contributed by atoms with Crippen molar-refractivity contribution in [3.05, 3.63) is 54.1 Å². The molecule has 6 nitrogen and oxygen atoms in total. The summed E-state index contributed by atoms with van der Waals surface area (Å²) >= 11 is 0. The second-order valence-corrected chi connectivity index (χ2v) is 7.26. The van der Waals surface area contributed by atoms with Gasteiger partial charge in [-0.25, -0.2) is 4.98 Å². The molecule has 1 fully saturated rings. The lowest BCUT2D eigenvalue weighted by atomic mass is 10.1. The maximum absolute atomic E-state index is 12.7. The van der Waals surface area contributed by atoms with E-state index in [2.05, 4.69) is 4.98 Å². The molecule has 2 heterocycles. The van der Waals surface area contributed by atoms with Crippen LogP contribution in [0.15, 0.2) is 42.7 Å². The van der Waals surface area contributed by atoms with Crippen LogP contribution in [0.5, 0.6) is 0 Å². The first kappa shape index (κ1) is 20.9. The van der Waals surface area contributed by atoms with E-state index in [1.54, 1.807) is 4.90 Å². The molecule has 1 saturated heterocycles. The lowest BCUT2D eigenvalue weighted by Gasteiger charge is -2.22. The monoisotopic (exact) mass is 408 g/mol. The number of halogens is 3. The summed E-state index contributed by atoms with van der Waals surface area (Å²) in [6.45, 7) is -0.339. The molecule has 156 valence electrons. The van der Waals surface area contributed by atoms with Crippen molar-refractivity contribution in [3.8, 4) is 0 Å². The molecule has 0 radical (unpaired) electrons. The zero-order chi connectivity index (χ0) is 21.0. The van der Waals surface area contributed by atoms with E-state index in [0.29, 0.717) is 19.5 Å². The second-order valence-electron chi connectivity index (χ2n) is 7.26. The highest BCUT2D eigenvalue weighted by atomic mass is 19.4. The molecule has 9 heteroatoms. The maximum atomic E-state index is 12.7. The van der Waals surface area contributed by atoms with Gasteiger partial charge in [0.05, 0.1) is 12.5 Å². The van der Waals surface area contributed by atoms with Crippen LogP contribution in [0.4, 0.5) is 13.2 Å². The van der Waals surface area contributed by atoms with Crippen LogP contribution in [-0.4, -0.2) is 57.5 Å². The Morgan fingerprint density at radius 1 is 1.28 bits per heavy atom. The van der Waals surface area contributed by atoms with Gasteiger partial charge in [0.25, 0.3) is 0 Å². The van der Waals surface area contributed by atoms with Gasteiger partial charge in [0.15, 0.2) is 0 Å². The first-order chi connectivity index (χ1) is 13.7. The molecule has 0 bridgehead atoms. The average molecular weight is 408 g/mol. The van der Waals surface area contributed by atoms with Gasteiger partial charge in [0, 0.05) is 39.0 Å². The van der Waals surface area contributed by atoms with Gasteiger partial charge < -0.3 is 14.4 Å². The molecule has 1 aromatic heterocycles. The van der Waals surface area contributed by atoms with Crippen molar-refractivity contribution < 1.29 is 22.8 Å². The summed E-state index contributed by atoms with van der Waals surface area (Å²) in [5.74, 6) is -0.675. The molecule has 29 heavy (non-hydrogen) atoms. The van der Waals surface area contributed by atoms with Crippen LogP contribution in [0.2, 0.25) is 0 Å². The fraction of sp³-hybridized carbons (Fsp3) is 0.450. The maximum Gasteiger partial charge on any atom is 0.406 e. The fourth-order valence-electron chi connectivity index (χ4n) is 3.49. The Balaban J connectivity index is 1.55. The summed E-state index contributed by atoms with van der Waals surface area (Å²) in [6.07, 6.45) is -1.02. The van der Waals surface area contributed by atoms with Crippen molar-refractivity contribution in [1.82, 2.24) is 19.4 Å². The van der Waals surface area contributed by atoms with Crippen LogP contribution in [0, 0.1) is 5.92 Å². The zero-order valence-electron chi connectivity index (χ0n) is 16.1. The Morgan fingerprint density at radius 3 is 2.69 bits per heavy atom. The highest BCUT2D eigenvalue weighted by Crippen LogP contribution is 2.22. The van der Waals surface area contributed by atoms with Gasteiger partial charge in [-0.3, -0.25) is 9.59 Å². The minimum atomic E-state index is -4.37. The van der Waals surface area contributed by atoms with Crippen LogP contribution in [-0.2, 0) is 29.1 Å². The third-order valence-electron chi connectivity index (χ3n) is 4.98. The summed E-state index contributed by atoms with van der Waals surface area (Å²) in [5.41, 5.74) is 1.11. The first-order valence-corrected chi connectivity index (χ1v) is 9.36. The smallest absolute Gasteiger partial charge is 0.342 e. The second kappa shape index (κ2) is 8.67. The molecule has 1 atom stereocenters. The van der Waals surface area contributed by atoms with Gasteiger partial charge in [0.1, 0.15) is 12.4 Å². The molecule has 2 aromatic rings. The number of nitrogens with zero attached hydrogens (tertiary/aromatic N) is 4. The number of rotatable bonds is 7. The van der Waals surface area contributed by atoms with Crippen molar-refractivity contribution >= 4 is 11.8 Å². The Kier molecular flexibility index (Phi) is 6.24. The Labute approximate surface area is 166 Å². The minimum Gasteiger partial charge on any atom is -0.342 e. The fourth-order valence-corrected chi connectivity index (χ4v) is 3.49. The zero-order valence-corrected chi connectivity index (χ0v) is 16.1. The largest absolute Gasteiger partial charge is 0.406 e.